The van der Waals surface area contributed by atoms with Crippen molar-refractivity contribution in [3.05, 3.63) is 152 Å². The highest BCUT2D eigenvalue weighted by Gasteiger charge is 2.18. The number of esters is 2. The van der Waals surface area contributed by atoms with Gasteiger partial charge in [0.05, 0.1) is 36.4 Å². The van der Waals surface area contributed by atoms with E-state index in [0.717, 1.165) is 48.1 Å². The Hall–Kier alpha value is -6.68. The van der Waals surface area contributed by atoms with Crippen molar-refractivity contribution in [1.82, 2.24) is 0 Å². The number of hydrogen-bond acceptors (Lipinski definition) is 9. The first kappa shape index (κ1) is 56.2. The molecule has 0 aromatic heterocycles. The highest BCUT2D eigenvalue weighted by Crippen LogP contribution is 2.32. The number of unbranched alkanes of at least 4 members (excludes halogenated alkanes) is 18. The van der Waals surface area contributed by atoms with Crippen LogP contribution in [0.4, 0.5) is 5.69 Å². The van der Waals surface area contributed by atoms with Gasteiger partial charge in [0.2, 0.25) is 0 Å². The first-order valence-corrected chi connectivity index (χ1v) is 26.5. The van der Waals surface area contributed by atoms with Crippen LogP contribution in [0.3, 0.4) is 0 Å². The number of carbonyl (C=O) groups excluding carboxylic acids is 2. The Morgan fingerprint density at radius 1 is 0.458 bits per heavy atom. The third kappa shape index (κ3) is 19.8. The average Bonchev–Trinajstić information content (AvgIpc) is 3.39. The predicted molar refractivity (Wildman–Crippen MR) is 293 cm³/mol. The van der Waals surface area contributed by atoms with E-state index in [0.29, 0.717) is 41.2 Å². The molecule has 0 bridgehead atoms. The molecule has 5 aromatic carbocycles. The Labute approximate surface area is 429 Å². The molecule has 5 aromatic rings. The predicted octanol–water partition coefficient (Wildman–Crippen LogP) is 17.3. The Balaban J connectivity index is 1.05. The number of nitro groups is 1. The van der Waals surface area contributed by atoms with Crippen LogP contribution < -0.4 is 23.7 Å². The van der Waals surface area contributed by atoms with Gasteiger partial charge in [-0.1, -0.05) is 196 Å². The van der Waals surface area contributed by atoms with E-state index in [1.165, 1.54) is 109 Å². The van der Waals surface area contributed by atoms with E-state index in [-0.39, 0.29) is 22.9 Å². The third-order valence-electron chi connectivity index (χ3n) is 12.7. The first-order chi connectivity index (χ1) is 35.2. The summed E-state index contributed by atoms with van der Waals surface area (Å²) in [5.74, 6) is 1.10. The smallest absolute Gasteiger partial charge is 0.343 e. The van der Waals surface area contributed by atoms with Crippen LogP contribution in [0.2, 0.25) is 0 Å². The van der Waals surface area contributed by atoms with E-state index in [1.54, 1.807) is 86.8 Å². The number of methoxy groups -OCH3 is 1. The third-order valence-corrected chi connectivity index (χ3v) is 12.7. The van der Waals surface area contributed by atoms with Gasteiger partial charge in [-0.2, -0.15) is 0 Å². The first-order valence-electron chi connectivity index (χ1n) is 26.5. The van der Waals surface area contributed by atoms with Gasteiger partial charge >= 0.3 is 17.6 Å². The molecule has 0 atom stereocenters. The van der Waals surface area contributed by atoms with Crippen LogP contribution in [0.25, 0.3) is 24.3 Å². The molecule has 5 rings (SSSR count). The van der Waals surface area contributed by atoms with E-state index in [4.69, 9.17) is 23.7 Å². The van der Waals surface area contributed by atoms with Crippen molar-refractivity contribution in [1.29, 1.82) is 0 Å². The van der Waals surface area contributed by atoms with Gasteiger partial charge in [-0.05, 0) is 96.6 Å². The topological polar surface area (TPSA) is 123 Å². The summed E-state index contributed by atoms with van der Waals surface area (Å²) in [6.45, 7) is 7.32. The molecule has 0 fully saturated rings. The molecule has 72 heavy (non-hydrogen) atoms. The molecule has 0 radical (unpaired) electrons. The lowest BCUT2D eigenvalue weighted by atomic mass is 10.1. The molecule has 0 amide bonds. The largest absolute Gasteiger partial charge is 0.493 e. The Morgan fingerprint density at radius 2 is 0.833 bits per heavy atom. The minimum atomic E-state index is -0.577. The molecule has 0 aliphatic heterocycles. The van der Waals surface area contributed by atoms with Crippen LogP contribution in [-0.2, 0) is 0 Å². The van der Waals surface area contributed by atoms with Gasteiger partial charge in [0, 0.05) is 11.6 Å². The molecule has 10 heteroatoms. The molecule has 10 nitrogen and oxygen atoms in total. The average molecular weight is 980 g/mol. The summed E-state index contributed by atoms with van der Waals surface area (Å²) in [4.78, 5) is 37.9. The summed E-state index contributed by atoms with van der Waals surface area (Å²) in [6, 6.07) is 29.7. The summed E-state index contributed by atoms with van der Waals surface area (Å²) in [5.41, 5.74) is 4.40. The summed E-state index contributed by atoms with van der Waals surface area (Å²) in [6.07, 6.45) is 32.4. The normalized spacial score (nSPS) is 11.3. The van der Waals surface area contributed by atoms with Crippen LogP contribution in [0.5, 0.6) is 28.7 Å². The number of nitro benzene ring substituents is 1. The van der Waals surface area contributed by atoms with Crippen LogP contribution in [0.1, 0.15) is 191 Å². The van der Waals surface area contributed by atoms with Gasteiger partial charge in [0.25, 0.3) is 0 Å². The molecule has 0 saturated carbocycles. The molecule has 0 aliphatic carbocycles. The number of ether oxygens (including phenoxy) is 5. The van der Waals surface area contributed by atoms with Gasteiger partial charge < -0.3 is 23.7 Å². The molecule has 0 saturated heterocycles. The number of hydrogen-bond donors (Lipinski definition) is 0. The number of carbonyl (C=O) groups is 2. The highest BCUT2D eigenvalue weighted by atomic mass is 16.6. The standard InChI is InChI=1S/C62H77NO9/c1-5-7-9-11-13-15-17-19-21-23-44-69-58-42-36-51(46-55(58)63(66)67)30-28-49-32-38-53(39-33-49)61(64)71-56-26-25-27-57(48(56)3)72-62(65)54-40-34-50(35-41-54)29-31-52-37-43-59(60(47-52)68-4)70-45-24-22-20-18-16-14-12-10-8-6-2/h25-43,46-47H,5-24,44-45H2,1-4H3/b30-28+,31-29+. The lowest BCUT2D eigenvalue weighted by Gasteiger charge is -2.12. The zero-order chi connectivity index (χ0) is 51.2. The van der Waals surface area contributed by atoms with Crippen molar-refractivity contribution in [2.24, 2.45) is 0 Å². The van der Waals surface area contributed by atoms with Crippen molar-refractivity contribution >= 4 is 41.9 Å². The molecular weight excluding hydrogens is 903 g/mol. The SMILES string of the molecule is CCCCCCCCCCCCOc1ccc(/C=C/c2ccc(C(=O)Oc3cccc(OC(=O)c4ccc(/C=C/c5ccc(OCCCCCCCCCCCC)c([N+](=O)[O-])c5)cc4)c3C)cc2)cc1OC. The van der Waals surface area contributed by atoms with Gasteiger partial charge in [-0.3, -0.25) is 10.1 Å². The number of nitrogens with zero attached hydrogens (tertiary/aromatic N) is 1. The van der Waals surface area contributed by atoms with Gasteiger partial charge in [0.1, 0.15) is 11.5 Å². The molecule has 0 unspecified atom stereocenters. The fourth-order valence-electron chi connectivity index (χ4n) is 8.33. The van der Waals surface area contributed by atoms with E-state index >= 15 is 0 Å². The second-order valence-electron chi connectivity index (χ2n) is 18.5. The van der Waals surface area contributed by atoms with E-state index in [2.05, 4.69) is 13.8 Å². The Morgan fingerprint density at radius 3 is 1.26 bits per heavy atom. The van der Waals surface area contributed by atoms with Crippen molar-refractivity contribution < 1.29 is 38.2 Å². The van der Waals surface area contributed by atoms with Gasteiger partial charge in [-0.25, -0.2) is 9.59 Å². The molecular formula is C62H77NO9. The molecule has 0 N–H and O–H groups in total. The Kier molecular flexibility index (Phi) is 25.2. The molecule has 0 spiro atoms. The Bertz CT molecular complexity index is 2470. The second kappa shape index (κ2) is 32.3. The van der Waals surface area contributed by atoms with E-state index in [1.807, 2.05) is 48.6 Å². The van der Waals surface area contributed by atoms with Crippen LogP contribution >= 0.6 is 0 Å². The second-order valence-corrected chi connectivity index (χ2v) is 18.5. The minimum absolute atomic E-state index is 0.0745. The zero-order valence-corrected chi connectivity index (χ0v) is 43.3. The fourth-order valence-corrected chi connectivity index (χ4v) is 8.33. The van der Waals surface area contributed by atoms with Crippen molar-refractivity contribution in [3.8, 4) is 28.7 Å². The maximum atomic E-state index is 13.2. The van der Waals surface area contributed by atoms with Crippen molar-refractivity contribution in [3.63, 3.8) is 0 Å². The van der Waals surface area contributed by atoms with Gasteiger partial charge in [0.15, 0.2) is 17.2 Å². The van der Waals surface area contributed by atoms with Gasteiger partial charge in [-0.15, -0.1) is 0 Å². The number of benzene rings is 5. The summed E-state index contributed by atoms with van der Waals surface area (Å²) in [5, 5.41) is 11.9. The summed E-state index contributed by atoms with van der Waals surface area (Å²) >= 11 is 0. The maximum absolute atomic E-state index is 13.2. The van der Waals surface area contributed by atoms with Crippen LogP contribution in [-0.4, -0.2) is 37.2 Å². The summed E-state index contributed by atoms with van der Waals surface area (Å²) in [7, 11) is 1.65. The van der Waals surface area contributed by atoms with E-state index < -0.39 is 16.9 Å². The van der Waals surface area contributed by atoms with Crippen LogP contribution in [0, 0.1) is 17.0 Å². The molecule has 384 valence electrons. The van der Waals surface area contributed by atoms with Crippen molar-refractivity contribution in [2.75, 3.05) is 20.3 Å². The lowest BCUT2D eigenvalue weighted by molar-refractivity contribution is -0.385. The monoisotopic (exact) mass is 980 g/mol. The molecule has 0 heterocycles. The maximum Gasteiger partial charge on any atom is 0.343 e. The molecule has 0 aliphatic rings. The quantitative estimate of drug-likeness (QED) is 0.00989. The minimum Gasteiger partial charge on any atom is -0.493 e. The van der Waals surface area contributed by atoms with E-state index in [9.17, 15) is 19.7 Å². The summed E-state index contributed by atoms with van der Waals surface area (Å²) < 4.78 is 29.0. The zero-order valence-electron chi connectivity index (χ0n) is 43.3. The lowest BCUT2D eigenvalue weighted by Crippen LogP contribution is -2.12. The van der Waals surface area contributed by atoms with Crippen LogP contribution in [0.15, 0.2) is 103 Å². The number of rotatable bonds is 34. The van der Waals surface area contributed by atoms with Crippen molar-refractivity contribution in [2.45, 2.75) is 149 Å². The fraction of sp³-hybridized carbons (Fsp3) is 0.419. The highest BCUT2D eigenvalue weighted by molar-refractivity contribution is 5.93.